The third kappa shape index (κ3) is 1.94. The average Bonchev–Trinajstić information content (AvgIpc) is 2.98. The predicted molar refractivity (Wildman–Crippen MR) is 68.7 cm³/mol. The molecular formula is C12H9N2OS2+. The number of nitrogens with one attached hydrogen (secondary N) is 1. The van der Waals surface area contributed by atoms with Gasteiger partial charge in [-0.2, -0.15) is 0 Å². The molecule has 0 radical (unpaired) electrons. The molecule has 0 spiro atoms. The molecule has 2 heterocycles. The second-order valence-corrected chi connectivity index (χ2v) is 5.12. The molecule has 0 aliphatic carbocycles. The summed E-state index contributed by atoms with van der Waals surface area (Å²) in [5.41, 5.74) is 1.03. The van der Waals surface area contributed by atoms with Crippen molar-refractivity contribution >= 4 is 23.6 Å². The first-order valence-corrected chi connectivity index (χ1v) is 6.31. The summed E-state index contributed by atoms with van der Waals surface area (Å²) in [5.74, 6) is 0.811. The summed E-state index contributed by atoms with van der Waals surface area (Å²) >= 11 is 6.69. The van der Waals surface area contributed by atoms with Crippen LogP contribution in [-0.2, 0) is 0 Å². The van der Waals surface area contributed by atoms with E-state index in [1.807, 2.05) is 47.1 Å². The van der Waals surface area contributed by atoms with Gasteiger partial charge in [0.25, 0.3) is 0 Å². The van der Waals surface area contributed by atoms with E-state index in [2.05, 4.69) is 5.10 Å². The maximum atomic E-state index is 5.42. The minimum Gasteiger partial charge on any atom is -0.457 e. The number of aromatic amines is 1. The standard InChI is InChI=1S/C12H8N2OS2/c16-12-13-14(9-5-2-1-3-6-9)11(17-12)10-7-4-8-15-10/h1-8H/p+1. The average molecular weight is 261 g/mol. The van der Waals surface area contributed by atoms with Gasteiger partial charge in [-0.3, -0.25) is 0 Å². The zero-order valence-electron chi connectivity index (χ0n) is 8.79. The van der Waals surface area contributed by atoms with Gasteiger partial charge in [-0.05, 0) is 35.7 Å². The van der Waals surface area contributed by atoms with Gasteiger partial charge in [-0.25, -0.2) is 0 Å². The van der Waals surface area contributed by atoms with Crippen molar-refractivity contribution in [3.8, 4) is 16.5 Å². The molecule has 0 atom stereocenters. The lowest BCUT2D eigenvalue weighted by atomic mass is 10.3. The Morgan fingerprint density at radius 1 is 1.12 bits per heavy atom. The first kappa shape index (κ1) is 10.4. The molecule has 0 fully saturated rings. The van der Waals surface area contributed by atoms with Crippen LogP contribution in [0.5, 0.6) is 0 Å². The topological polar surface area (TPSA) is 32.8 Å². The Morgan fingerprint density at radius 3 is 2.65 bits per heavy atom. The Balaban J connectivity index is 2.22. The van der Waals surface area contributed by atoms with Gasteiger partial charge < -0.3 is 4.42 Å². The van der Waals surface area contributed by atoms with Crippen LogP contribution in [0.15, 0.2) is 53.1 Å². The van der Waals surface area contributed by atoms with Crippen molar-refractivity contribution in [1.29, 1.82) is 0 Å². The van der Waals surface area contributed by atoms with Crippen molar-refractivity contribution in [3.05, 3.63) is 52.7 Å². The molecule has 0 aliphatic heterocycles. The molecule has 1 N–H and O–H groups in total. The zero-order chi connectivity index (χ0) is 11.7. The van der Waals surface area contributed by atoms with Gasteiger partial charge in [0.2, 0.25) is 15.4 Å². The van der Waals surface area contributed by atoms with Crippen LogP contribution in [-0.4, -0.2) is 5.10 Å². The summed E-state index contributed by atoms with van der Waals surface area (Å²) in [5, 5.41) is 4.10. The minimum atomic E-state index is 0.722. The highest BCUT2D eigenvalue weighted by Gasteiger charge is 2.21. The number of furan rings is 1. The van der Waals surface area contributed by atoms with Crippen molar-refractivity contribution < 1.29 is 9.10 Å². The van der Waals surface area contributed by atoms with Crippen LogP contribution in [0.25, 0.3) is 16.5 Å². The molecule has 0 bridgehead atoms. The molecule has 84 valence electrons. The van der Waals surface area contributed by atoms with Crippen molar-refractivity contribution in [3.63, 3.8) is 0 Å². The number of hydrogen-bond acceptors (Lipinski definition) is 3. The summed E-state index contributed by atoms with van der Waals surface area (Å²) in [6, 6.07) is 13.8. The largest absolute Gasteiger partial charge is 0.457 e. The minimum absolute atomic E-state index is 0.722. The molecule has 17 heavy (non-hydrogen) atoms. The smallest absolute Gasteiger partial charge is 0.336 e. The number of rotatable bonds is 2. The second kappa shape index (κ2) is 4.27. The second-order valence-electron chi connectivity index (χ2n) is 3.45. The molecule has 0 saturated heterocycles. The van der Waals surface area contributed by atoms with E-state index in [1.165, 1.54) is 11.3 Å². The van der Waals surface area contributed by atoms with Gasteiger partial charge in [-0.15, -0.1) is 5.10 Å². The Hall–Kier alpha value is -1.72. The fraction of sp³-hybridized carbons (Fsp3) is 0. The van der Waals surface area contributed by atoms with Gasteiger partial charge in [0.1, 0.15) is 0 Å². The van der Waals surface area contributed by atoms with Gasteiger partial charge in [0.15, 0.2) is 0 Å². The summed E-state index contributed by atoms with van der Waals surface area (Å²) in [4.78, 5) is 0. The van der Waals surface area contributed by atoms with E-state index >= 15 is 0 Å². The number of hydrogen-bond donors (Lipinski definition) is 1. The van der Waals surface area contributed by atoms with Crippen LogP contribution in [0.3, 0.4) is 0 Å². The van der Waals surface area contributed by atoms with E-state index in [-0.39, 0.29) is 0 Å². The van der Waals surface area contributed by atoms with Gasteiger partial charge in [-0.1, -0.05) is 22.9 Å². The van der Waals surface area contributed by atoms with E-state index in [4.69, 9.17) is 16.6 Å². The van der Waals surface area contributed by atoms with Crippen LogP contribution in [0.1, 0.15) is 0 Å². The third-order valence-electron chi connectivity index (χ3n) is 2.34. The zero-order valence-corrected chi connectivity index (χ0v) is 10.4. The van der Waals surface area contributed by atoms with Gasteiger partial charge in [0, 0.05) is 12.1 Å². The van der Waals surface area contributed by atoms with Crippen LogP contribution in [0.2, 0.25) is 0 Å². The summed E-state index contributed by atoms with van der Waals surface area (Å²) in [6.45, 7) is 0. The normalized spacial score (nSPS) is 10.6. The number of nitrogens with zero attached hydrogens (tertiary/aromatic N) is 1. The maximum absolute atomic E-state index is 5.42. The SMILES string of the molecule is S=c1[nH][n+](-c2ccccc2)c(-c2ccco2)s1. The van der Waals surface area contributed by atoms with Crippen molar-refractivity contribution in [2.75, 3.05) is 0 Å². The predicted octanol–water partition coefficient (Wildman–Crippen LogP) is 3.34. The van der Waals surface area contributed by atoms with Crippen LogP contribution in [0.4, 0.5) is 0 Å². The Kier molecular flexibility index (Phi) is 2.62. The van der Waals surface area contributed by atoms with Crippen LogP contribution < -0.4 is 4.68 Å². The molecule has 3 nitrogen and oxygen atoms in total. The Bertz CT molecular complexity index is 668. The lowest BCUT2D eigenvalue weighted by Gasteiger charge is -1.92. The molecule has 2 aromatic heterocycles. The van der Waals surface area contributed by atoms with E-state index in [0.717, 1.165) is 20.4 Å². The molecule has 3 rings (SSSR count). The highest BCUT2D eigenvalue weighted by molar-refractivity contribution is 7.73. The third-order valence-corrected chi connectivity index (χ3v) is 3.54. The number of benzene rings is 1. The fourth-order valence-electron chi connectivity index (χ4n) is 1.62. The van der Waals surface area contributed by atoms with Crippen molar-refractivity contribution in [1.82, 2.24) is 5.10 Å². The summed E-state index contributed by atoms with van der Waals surface area (Å²) in [6.07, 6.45) is 1.66. The van der Waals surface area contributed by atoms with Crippen molar-refractivity contribution in [2.24, 2.45) is 0 Å². The molecule has 0 saturated carbocycles. The molecule has 1 aromatic carbocycles. The van der Waals surface area contributed by atoms with E-state index in [0.29, 0.717) is 0 Å². The quantitative estimate of drug-likeness (QED) is 0.567. The van der Waals surface area contributed by atoms with E-state index < -0.39 is 0 Å². The highest BCUT2D eigenvalue weighted by Crippen LogP contribution is 2.22. The fourth-order valence-corrected chi connectivity index (χ4v) is 2.72. The molecule has 5 heteroatoms. The number of H-pyrrole nitrogens is 1. The molecule has 3 aromatic rings. The lowest BCUT2D eigenvalue weighted by molar-refractivity contribution is -0.644. The summed E-state index contributed by atoms with van der Waals surface area (Å²) < 4.78 is 8.08. The molecular weight excluding hydrogens is 252 g/mol. The summed E-state index contributed by atoms with van der Waals surface area (Å²) in [7, 11) is 0. The van der Waals surface area contributed by atoms with E-state index in [9.17, 15) is 0 Å². The van der Waals surface area contributed by atoms with Gasteiger partial charge in [0.05, 0.1) is 6.26 Å². The molecule has 0 amide bonds. The van der Waals surface area contributed by atoms with Crippen LogP contribution in [0, 0.1) is 3.95 Å². The first-order chi connectivity index (χ1) is 8.34. The van der Waals surface area contributed by atoms with Crippen LogP contribution >= 0.6 is 23.6 Å². The van der Waals surface area contributed by atoms with Crippen molar-refractivity contribution in [2.45, 2.75) is 0 Å². The Labute approximate surface area is 107 Å². The lowest BCUT2D eigenvalue weighted by Crippen LogP contribution is -2.34. The maximum Gasteiger partial charge on any atom is 0.336 e. The molecule has 0 unspecified atom stereocenters. The number of para-hydroxylation sites is 1. The first-order valence-electron chi connectivity index (χ1n) is 5.09. The van der Waals surface area contributed by atoms with Gasteiger partial charge >= 0.3 is 5.01 Å². The monoisotopic (exact) mass is 261 g/mol. The molecule has 0 aliphatic rings. The Morgan fingerprint density at radius 2 is 1.94 bits per heavy atom. The number of aromatic nitrogens is 2. The van der Waals surface area contributed by atoms with E-state index in [1.54, 1.807) is 6.26 Å². The highest BCUT2D eigenvalue weighted by atomic mass is 32.1.